The topological polar surface area (TPSA) is 69.1 Å². The van der Waals surface area contributed by atoms with Gasteiger partial charge in [0.1, 0.15) is 11.3 Å². The quantitative estimate of drug-likeness (QED) is 0.878. The van der Waals surface area contributed by atoms with Gasteiger partial charge in [0.2, 0.25) is 5.91 Å². The lowest BCUT2D eigenvalue weighted by atomic mass is 9.88. The molecule has 0 bridgehead atoms. The summed E-state index contributed by atoms with van der Waals surface area (Å²) >= 11 is 0. The van der Waals surface area contributed by atoms with Crippen LogP contribution in [-0.2, 0) is 4.79 Å². The number of hydrogen-bond acceptors (Lipinski definition) is 3. The van der Waals surface area contributed by atoms with Crippen molar-refractivity contribution >= 4 is 17.0 Å². The predicted molar refractivity (Wildman–Crippen MR) is 63.3 cm³/mol. The molecule has 0 aliphatic heterocycles. The van der Waals surface area contributed by atoms with Gasteiger partial charge < -0.3 is 10.2 Å². The van der Waals surface area contributed by atoms with Crippen LogP contribution in [0.5, 0.6) is 0 Å². The van der Waals surface area contributed by atoms with Crippen LogP contribution in [-0.4, -0.2) is 10.9 Å². The van der Waals surface area contributed by atoms with E-state index in [4.69, 9.17) is 10.2 Å². The molecule has 1 atom stereocenters. The van der Waals surface area contributed by atoms with Gasteiger partial charge >= 0.3 is 0 Å². The minimum Gasteiger partial charge on any atom is -0.459 e. The standard InChI is InChI=1S/C13H14N2O2/c1-8(13(4-5-13)12(14)16)11-7-9-10(17-11)3-2-6-15-9/h2-3,6-8H,4-5H2,1H3,(H2,14,16)/t8-/m0/s1. The summed E-state index contributed by atoms with van der Waals surface area (Å²) in [7, 11) is 0. The van der Waals surface area contributed by atoms with Gasteiger partial charge in [-0.05, 0) is 25.0 Å². The molecule has 0 unspecified atom stereocenters. The van der Waals surface area contributed by atoms with Gasteiger partial charge in [0.25, 0.3) is 0 Å². The number of aromatic nitrogens is 1. The van der Waals surface area contributed by atoms with Crippen molar-refractivity contribution in [1.82, 2.24) is 4.98 Å². The van der Waals surface area contributed by atoms with E-state index in [1.807, 2.05) is 25.1 Å². The second-order valence-electron chi connectivity index (χ2n) is 4.78. The highest BCUT2D eigenvalue weighted by atomic mass is 16.3. The number of nitrogens with two attached hydrogens (primary N) is 1. The van der Waals surface area contributed by atoms with Gasteiger partial charge in [0, 0.05) is 18.2 Å². The number of nitrogens with zero attached hydrogens (tertiary/aromatic N) is 1. The van der Waals surface area contributed by atoms with Crippen molar-refractivity contribution in [3.8, 4) is 0 Å². The number of pyridine rings is 1. The van der Waals surface area contributed by atoms with E-state index in [-0.39, 0.29) is 11.8 Å². The van der Waals surface area contributed by atoms with Crippen LogP contribution >= 0.6 is 0 Å². The number of hydrogen-bond donors (Lipinski definition) is 1. The van der Waals surface area contributed by atoms with Crippen molar-refractivity contribution in [2.45, 2.75) is 25.7 Å². The molecule has 0 spiro atoms. The number of amides is 1. The minimum absolute atomic E-state index is 0.0224. The molecular formula is C13H14N2O2. The highest BCUT2D eigenvalue weighted by Crippen LogP contribution is 2.56. The van der Waals surface area contributed by atoms with E-state index >= 15 is 0 Å². The van der Waals surface area contributed by atoms with Gasteiger partial charge in [0.15, 0.2) is 5.58 Å². The zero-order chi connectivity index (χ0) is 12.0. The summed E-state index contributed by atoms with van der Waals surface area (Å²) in [4.78, 5) is 15.7. The summed E-state index contributed by atoms with van der Waals surface area (Å²) in [5, 5.41) is 0. The SMILES string of the molecule is C[C@@H](c1cc2ncccc2o1)C1(C(N)=O)CC1. The molecule has 2 aromatic rings. The van der Waals surface area contributed by atoms with Gasteiger partial charge in [-0.15, -0.1) is 0 Å². The van der Waals surface area contributed by atoms with Gasteiger partial charge in [-0.25, -0.2) is 0 Å². The Balaban J connectivity index is 2.01. The maximum atomic E-state index is 11.5. The third kappa shape index (κ3) is 1.44. The molecule has 1 fully saturated rings. The number of carbonyl (C=O) groups excluding carboxylic acids is 1. The van der Waals surface area contributed by atoms with Crippen molar-refractivity contribution < 1.29 is 9.21 Å². The molecule has 1 aliphatic carbocycles. The zero-order valence-corrected chi connectivity index (χ0v) is 9.64. The van der Waals surface area contributed by atoms with Gasteiger partial charge in [-0.2, -0.15) is 0 Å². The third-order valence-corrected chi connectivity index (χ3v) is 3.84. The van der Waals surface area contributed by atoms with Crippen molar-refractivity contribution in [2.24, 2.45) is 11.1 Å². The summed E-state index contributed by atoms with van der Waals surface area (Å²) in [6.45, 7) is 2.00. The Kier molecular flexibility index (Phi) is 2.02. The van der Waals surface area contributed by atoms with Gasteiger partial charge in [-0.3, -0.25) is 9.78 Å². The summed E-state index contributed by atoms with van der Waals surface area (Å²) < 4.78 is 5.74. The van der Waals surface area contributed by atoms with Crippen molar-refractivity contribution in [1.29, 1.82) is 0 Å². The lowest BCUT2D eigenvalue weighted by molar-refractivity contribution is -0.123. The largest absolute Gasteiger partial charge is 0.459 e. The first kappa shape index (κ1) is 10.3. The second kappa shape index (κ2) is 3.32. The summed E-state index contributed by atoms with van der Waals surface area (Å²) in [6, 6.07) is 5.62. The van der Waals surface area contributed by atoms with Gasteiger partial charge in [-0.1, -0.05) is 6.92 Å². The molecule has 2 aromatic heterocycles. The first-order chi connectivity index (χ1) is 8.13. The fourth-order valence-corrected chi connectivity index (χ4v) is 2.40. The van der Waals surface area contributed by atoms with Crippen molar-refractivity contribution in [3.63, 3.8) is 0 Å². The summed E-state index contributed by atoms with van der Waals surface area (Å²) in [5.74, 6) is 0.600. The predicted octanol–water partition coefficient (Wildman–Crippen LogP) is 2.20. The maximum absolute atomic E-state index is 11.5. The number of rotatable bonds is 3. The fourth-order valence-electron chi connectivity index (χ4n) is 2.40. The molecule has 3 rings (SSSR count). The first-order valence-electron chi connectivity index (χ1n) is 5.78. The van der Waals surface area contributed by atoms with Gasteiger partial charge in [0.05, 0.1) is 5.41 Å². The summed E-state index contributed by atoms with van der Waals surface area (Å²) in [5.41, 5.74) is 6.66. The van der Waals surface area contributed by atoms with E-state index in [1.54, 1.807) is 6.20 Å². The van der Waals surface area contributed by atoms with Crippen LogP contribution in [0.1, 0.15) is 31.4 Å². The molecular weight excluding hydrogens is 216 g/mol. The lowest BCUT2D eigenvalue weighted by Crippen LogP contribution is -2.29. The van der Waals surface area contributed by atoms with Crippen molar-refractivity contribution in [2.75, 3.05) is 0 Å². The number of primary amides is 1. The maximum Gasteiger partial charge on any atom is 0.224 e. The monoisotopic (exact) mass is 230 g/mol. The van der Waals surface area contributed by atoms with Crippen LogP contribution in [0.25, 0.3) is 11.1 Å². The van der Waals surface area contributed by atoms with E-state index in [2.05, 4.69) is 4.98 Å². The average molecular weight is 230 g/mol. The molecule has 2 N–H and O–H groups in total. The van der Waals surface area contributed by atoms with Crippen molar-refractivity contribution in [3.05, 3.63) is 30.2 Å². The van der Waals surface area contributed by atoms with Crippen LogP contribution in [0.3, 0.4) is 0 Å². The Labute approximate surface area is 98.8 Å². The van der Waals surface area contributed by atoms with Crippen LogP contribution in [0.15, 0.2) is 28.8 Å². The molecule has 0 radical (unpaired) electrons. The number of furan rings is 1. The molecule has 0 aromatic carbocycles. The average Bonchev–Trinajstić information content (AvgIpc) is 3.02. The first-order valence-corrected chi connectivity index (χ1v) is 5.78. The number of fused-ring (bicyclic) bond motifs is 1. The molecule has 0 saturated heterocycles. The second-order valence-corrected chi connectivity index (χ2v) is 4.78. The van der Waals surface area contributed by atoms with Crippen LogP contribution in [0.2, 0.25) is 0 Å². The Morgan fingerprint density at radius 3 is 2.94 bits per heavy atom. The molecule has 4 heteroatoms. The molecule has 1 saturated carbocycles. The van der Waals surface area contributed by atoms with E-state index < -0.39 is 5.41 Å². The molecule has 4 nitrogen and oxygen atoms in total. The van der Waals surface area contributed by atoms with E-state index in [0.29, 0.717) is 0 Å². The smallest absolute Gasteiger partial charge is 0.224 e. The normalized spacial score (nSPS) is 19.1. The highest BCUT2D eigenvalue weighted by molar-refractivity contribution is 5.85. The molecule has 2 heterocycles. The summed E-state index contributed by atoms with van der Waals surface area (Å²) in [6.07, 6.45) is 3.44. The Hall–Kier alpha value is -1.84. The minimum atomic E-state index is -0.395. The highest BCUT2D eigenvalue weighted by Gasteiger charge is 2.54. The lowest BCUT2D eigenvalue weighted by Gasteiger charge is -2.17. The third-order valence-electron chi connectivity index (χ3n) is 3.84. The molecule has 88 valence electrons. The zero-order valence-electron chi connectivity index (χ0n) is 9.64. The molecule has 1 aliphatic rings. The van der Waals surface area contributed by atoms with E-state index in [0.717, 1.165) is 29.7 Å². The van der Waals surface area contributed by atoms with E-state index in [9.17, 15) is 4.79 Å². The Morgan fingerprint density at radius 2 is 2.35 bits per heavy atom. The Bertz CT molecular complexity index is 551. The molecule has 17 heavy (non-hydrogen) atoms. The van der Waals surface area contributed by atoms with Crippen LogP contribution in [0.4, 0.5) is 0 Å². The van der Waals surface area contributed by atoms with Crippen LogP contribution in [0, 0.1) is 5.41 Å². The van der Waals surface area contributed by atoms with Crippen LogP contribution < -0.4 is 5.73 Å². The number of carbonyl (C=O) groups is 1. The Morgan fingerprint density at radius 1 is 1.59 bits per heavy atom. The fraction of sp³-hybridized carbons (Fsp3) is 0.385. The molecule has 1 amide bonds. The van der Waals surface area contributed by atoms with E-state index in [1.165, 1.54) is 0 Å².